The first-order chi connectivity index (χ1) is 17.5. The number of alkyl halides is 3. The zero-order valence-electron chi connectivity index (χ0n) is 18.8. The van der Waals surface area contributed by atoms with Gasteiger partial charge in [0.25, 0.3) is 5.91 Å². The summed E-state index contributed by atoms with van der Waals surface area (Å²) in [4.78, 5) is 24.7. The molecule has 0 aliphatic rings. The molecule has 8 nitrogen and oxygen atoms in total. The zero-order valence-corrected chi connectivity index (χ0v) is 19.6. The van der Waals surface area contributed by atoms with E-state index in [1.54, 1.807) is 0 Å². The fourth-order valence-corrected chi connectivity index (χ4v) is 4.10. The Labute approximate surface area is 212 Å². The summed E-state index contributed by atoms with van der Waals surface area (Å²) in [6.07, 6.45) is -6.12. The van der Waals surface area contributed by atoms with Crippen LogP contribution < -0.4 is 5.32 Å². The van der Waals surface area contributed by atoms with E-state index in [0.29, 0.717) is 10.9 Å². The predicted molar refractivity (Wildman–Crippen MR) is 128 cm³/mol. The maximum Gasteiger partial charge on any atom is 0.417 e. The van der Waals surface area contributed by atoms with Crippen molar-refractivity contribution in [3.05, 3.63) is 87.9 Å². The number of aromatic nitrogens is 2. The molecule has 0 fully saturated rings. The maximum absolute atomic E-state index is 13.7. The number of nitrogens with one attached hydrogen (secondary N) is 1. The van der Waals surface area contributed by atoms with Gasteiger partial charge in [0, 0.05) is 17.5 Å². The van der Waals surface area contributed by atoms with Crippen molar-refractivity contribution in [1.82, 2.24) is 15.1 Å². The summed E-state index contributed by atoms with van der Waals surface area (Å²) >= 11 is 6.05. The molecule has 37 heavy (non-hydrogen) atoms. The number of carboxylic acids is 1. The van der Waals surface area contributed by atoms with Crippen molar-refractivity contribution in [2.45, 2.75) is 12.4 Å². The maximum atomic E-state index is 13.7. The molecule has 0 radical (unpaired) electrons. The highest BCUT2D eigenvalue weighted by Gasteiger charge is 2.37. The number of fused-ring (bicyclic) bond motifs is 1. The molecule has 0 saturated carbocycles. The number of carbonyl (C=O) groups is 2. The Hall–Kier alpha value is -3.77. The molecule has 1 atom stereocenters. The summed E-state index contributed by atoms with van der Waals surface area (Å²) in [6, 6.07) is 13.0. The predicted octanol–water partition coefficient (Wildman–Crippen LogP) is 4.34. The molecule has 0 saturated heterocycles. The molecule has 3 aromatic carbocycles. The minimum absolute atomic E-state index is 0.00909. The van der Waals surface area contributed by atoms with Crippen LogP contribution in [0.5, 0.6) is 0 Å². The number of hydrogen-bond donors (Lipinski definition) is 4. The van der Waals surface area contributed by atoms with E-state index in [2.05, 4.69) is 10.4 Å². The molecule has 4 rings (SSSR count). The molecule has 0 amide bonds. The van der Waals surface area contributed by atoms with E-state index in [1.807, 2.05) is 0 Å². The van der Waals surface area contributed by atoms with Crippen molar-refractivity contribution in [3.8, 4) is 11.3 Å². The largest absolute Gasteiger partial charge is 0.478 e. The van der Waals surface area contributed by atoms with Crippen LogP contribution in [-0.4, -0.2) is 50.1 Å². The Morgan fingerprint density at radius 1 is 1.08 bits per heavy atom. The molecule has 12 heteroatoms. The minimum atomic E-state index is -4.87. The third-order valence-electron chi connectivity index (χ3n) is 5.60. The second kappa shape index (κ2) is 10.3. The average Bonchev–Trinajstić information content (AvgIpc) is 3.25. The van der Waals surface area contributed by atoms with Crippen molar-refractivity contribution in [2.75, 3.05) is 13.2 Å². The Balaban J connectivity index is 1.94. The Morgan fingerprint density at radius 2 is 1.78 bits per heavy atom. The third-order valence-corrected chi connectivity index (χ3v) is 5.92. The summed E-state index contributed by atoms with van der Waals surface area (Å²) in [5.74, 6) is -2.30. The fourth-order valence-electron chi connectivity index (χ4n) is 3.84. The van der Waals surface area contributed by atoms with Crippen LogP contribution in [0, 0.1) is 0 Å². The lowest BCUT2D eigenvalue weighted by atomic mass is 10.0. The van der Waals surface area contributed by atoms with E-state index in [1.165, 1.54) is 42.5 Å². The van der Waals surface area contributed by atoms with E-state index < -0.39 is 40.4 Å². The van der Waals surface area contributed by atoms with Gasteiger partial charge in [-0.2, -0.15) is 23.0 Å². The van der Waals surface area contributed by atoms with Crippen LogP contribution in [-0.2, 0) is 6.18 Å². The molecule has 1 aromatic heterocycles. The summed E-state index contributed by atoms with van der Waals surface area (Å²) in [5.41, 5.74) is -1.07. The van der Waals surface area contributed by atoms with Crippen LogP contribution in [0.2, 0.25) is 5.02 Å². The lowest BCUT2D eigenvalue weighted by molar-refractivity contribution is -0.137. The van der Waals surface area contributed by atoms with Gasteiger partial charge in [-0.15, -0.1) is 0 Å². The van der Waals surface area contributed by atoms with Crippen LogP contribution in [0.4, 0.5) is 13.2 Å². The second-order valence-corrected chi connectivity index (χ2v) is 8.37. The molecule has 4 N–H and O–H groups in total. The molecule has 4 aromatic rings. The summed E-state index contributed by atoms with van der Waals surface area (Å²) in [6.45, 7) is -0.188. The van der Waals surface area contributed by atoms with Gasteiger partial charge in [-0.25, -0.2) is 4.79 Å². The number of hydrogen-bond acceptors (Lipinski definition) is 6. The standard InChI is InChI=1S/C25H19ClF3N3O5/c26-18-3-1-2-17(25(27,28)29)20(18)23(35)32-19-12-15(22(34)30-10-11-33)8-9-16(19)21(31-32)13-4-6-14(7-5-13)24(36)37/h1-9,12,22,30,33-34H,10-11H2,(H,36,37). The monoisotopic (exact) mass is 533 g/mol. The molecule has 1 heterocycles. The highest BCUT2D eigenvalue weighted by Crippen LogP contribution is 2.37. The first-order valence-corrected chi connectivity index (χ1v) is 11.2. The summed E-state index contributed by atoms with van der Waals surface area (Å²) in [7, 11) is 0. The minimum Gasteiger partial charge on any atom is -0.478 e. The van der Waals surface area contributed by atoms with Crippen LogP contribution in [0.25, 0.3) is 22.2 Å². The Bertz CT molecular complexity index is 1490. The molecular formula is C25H19ClF3N3O5. The zero-order chi connectivity index (χ0) is 26.9. The van der Waals surface area contributed by atoms with Gasteiger partial charge in [0.05, 0.1) is 33.8 Å². The van der Waals surface area contributed by atoms with Gasteiger partial charge < -0.3 is 15.3 Å². The van der Waals surface area contributed by atoms with Crippen molar-refractivity contribution in [2.24, 2.45) is 0 Å². The first kappa shape index (κ1) is 26.3. The van der Waals surface area contributed by atoms with E-state index in [-0.39, 0.29) is 35.5 Å². The highest BCUT2D eigenvalue weighted by molar-refractivity contribution is 6.34. The molecule has 1 unspecified atom stereocenters. The number of aliphatic hydroxyl groups excluding tert-OH is 2. The van der Waals surface area contributed by atoms with Gasteiger partial charge >= 0.3 is 12.1 Å². The summed E-state index contributed by atoms with van der Waals surface area (Å²) < 4.78 is 42.0. The smallest absolute Gasteiger partial charge is 0.417 e. The second-order valence-electron chi connectivity index (χ2n) is 7.97. The highest BCUT2D eigenvalue weighted by atomic mass is 35.5. The van der Waals surface area contributed by atoms with E-state index in [9.17, 15) is 27.9 Å². The van der Waals surface area contributed by atoms with Crippen LogP contribution >= 0.6 is 11.6 Å². The lowest BCUT2D eigenvalue weighted by Gasteiger charge is -2.14. The molecule has 192 valence electrons. The van der Waals surface area contributed by atoms with Crippen LogP contribution in [0.1, 0.15) is 38.1 Å². The van der Waals surface area contributed by atoms with Gasteiger partial charge in [-0.1, -0.05) is 41.9 Å². The Kier molecular flexibility index (Phi) is 7.32. The summed E-state index contributed by atoms with van der Waals surface area (Å²) in [5, 5.41) is 35.4. The lowest BCUT2D eigenvalue weighted by Crippen LogP contribution is -2.24. The van der Waals surface area contributed by atoms with E-state index >= 15 is 0 Å². The molecular weight excluding hydrogens is 515 g/mol. The third kappa shape index (κ3) is 5.20. The van der Waals surface area contributed by atoms with Crippen molar-refractivity contribution in [3.63, 3.8) is 0 Å². The average molecular weight is 534 g/mol. The van der Waals surface area contributed by atoms with Gasteiger partial charge in [0.2, 0.25) is 0 Å². The number of carbonyl (C=O) groups excluding carboxylic acids is 1. The topological polar surface area (TPSA) is 125 Å². The van der Waals surface area contributed by atoms with Gasteiger partial charge in [0.15, 0.2) is 0 Å². The molecule has 0 aliphatic carbocycles. The van der Waals surface area contributed by atoms with Crippen LogP contribution in [0.3, 0.4) is 0 Å². The number of halogens is 4. The normalized spacial score (nSPS) is 12.6. The number of aromatic carboxylic acids is 1. The number of nitrogens with zero attached hydrogens (tertiary/aromatic N) is 2. The number of rotatable bonds is 7. The van der Waals surface area contributed by atoms with E-state index in [0.717, 1.165) is 22.9 Å². The van der Waals surface area contributed by atoms with Gasteiger partial charge in [0.1, 0.15) is 11.9 Å². The number of benzene rings is 3. The van der Waals surface area contributed by atoms with Crippen molar-refractivity contribution in [1.29, 1.82) is 0 Å². The molecule has 0 bridgehead atoms. The molecule has 0 aliphatic heterocycles. The SMILES string of the molecule is O=C(O)c1ccc(-c2nn(C(=O)c3c(Cl)cccc3C(F)(F)F)c3cc(C(O)NCCO)ccc23)cc1. The Morgan fingerprint density at radius 3 is 2.41 bits per heavy atom. The van der Waals surface area contributed by atoms with Gasteiger partial charge in [-0.3, -0.25) is 10.1 Å². The van der Waals surface area contributed by atoms with Crippen LogP contribution in [0.15, 0.2) is 60.7 Å². The van der Waals surface area contributed by atoms with E-state index in [4.69, 9.17) is 21.8 Å². The number of carboxylic acid groups (broad SMARTS) is 1. The van der Waals surface area contributed by atoms with Crippen molar-refractivity contribution >= 4 is 34.4 Å². The fraction of sp³-hybridized carbons (Fsp3) is 0.160. The first-order valence-electron chi connectivity index (χ1n) is 10.8. The molecule has 0 spiro atoms. The quantitative estimate of drug-likeness (QED) is 0.261. The number of aliphatic hydroxyl groups is 2. The van der Waals surface area contributed by atoms with Crippen molar-refractivity contribution < 1.29 is 38.1 Å². The van der Waals surface area contributed by atoms with Gasteiger partial charge in [-0.05, 0) is 35.9 Å².